The smallest absolute Gasteiger partial charge is 0.344 e. The minimum absolute atomic E-state index is 0.220. The number of hydrogen-bond acceptors (Lipinski definition) is 7. The van der Waals surface area contributed by atoms with E-state index in [9.17, 15) is 19.5 Å². The van der Waals surface area contributed by atoms with Gasteiger partial charge in [0.05, 0.1) is 13.2 Å². The van der Waals surface area contributed by atoms with Crippen molar-refractivity contribution in [2.24, 2.45) is 28.1 Å². The number of carbonyl (C=O) groups is 3. The zero-order valence-electron chi connectivity index (χ0n) is 31.7. The number of rotatable bonds is 11. The summed E-state index contributed by atoms with van der Waals surface area (Å²) in [5.74, 6) is -0.214. The summed E-state index contributed by atoms with van der Waals surface area (Å²) in [6.07, 6.45) is 16.3. The van der Waals surface area contributed by atoms with Crippen molar-refractivity contribution in [1.29, 1.82) is 0 Å². The van der Waals surface area contributed by atoms with Crippen LogP contribution in [-0.2, 0) is 23.9 Å². The average Bonchev–Trinajstić information content (AvgIpc) is 3.46. The molecular weight excluding hydrogens is 628 g/mol. The van der Waals surface area contributed by atoms with E-state index in [-0.39, 0.29) is 23.0 Å². The Morgan fingerprint density at radius 3 is 2.46 bits per heavy atom. The molecular formula is C43H58O7. The number of aliphatic hydroxyl groups excluding tert-OH is 1. The summed E-state index contributed by atoms with van der Waals surface area (Å²) < 4.78 is 17.0. The number of esters is 2. The van der Waals surface area contributed by atoms with Crippen molar-refractivity contribution in [3.8, 4) is 5.75 Å². The largest absolute Gasteiger partial charge is 0.496 e. The second-order valence-electron chi connectivity index (χ2n) is 15.5. The maximum Gasteiger partial charge on any atom is 0.344 e. The first-order valence-corrected chi connectivity index (χ1v) is 18.1. The number of fused-ring (bicyclic) bond motifs is 5. The Morgan fingerprint density at radius 2 is 1.80 bits per heavy atom. The fourth-order valence-electron chi connectivity index (χ4n) is 9.17. The lowest BCUT2D eigenvalue weighted by Crippen LogP contribution is -2.55. The van der Waals surface area contributed by atoms with Crippen LogP contribution in [0.3, 0.4) is 0 Å². The molecule has 272 valence electrons. The Bertz CT molecular complexity index is 1610. The van der Waals surface area contributed by atoms with Crippen LogP contribution >= 0.6 is 0 Å². The molecule has 4 aliphatic carbocycles. The highest BCUT2D eigenvalue weighted by molar-refractivity contribution is 5.86. The van der Waals surface area contributed by atoms with Crippen molar-refractivity contribution in [1.82, 2.24) is 0 Å². The van der Waals surface area contributed by atoms with Crippen molar-refractivity contribution in [2.45, 2.75) is 113 Å². The molecule has 1 aromatic rings. The van der Waals surface area contributed by atoms with Gasteiger partial charge in [0.15, 0.2) is 6.61 Å². The zero-order valence-corrected chi connectivity index (χ0v) is 31.7. The van der Waals surface area contributed by atoms with Crippen molar-refractivity contribution in [3.63, 3.8) is 0 Å². The van der Waals surface area contributed by atoms with Crippen LogP contribution in [0.5, 0.6) is 5.75 Å². The number of aryl methyl sites for hydroxylation is 1. The lowest BCUT2D eigenvalue weighted by atomic mass is 9.49. The highest BCUT2D eigenvalue weighted by Gasteiger charge is 2.65. The van der Waals surface area contributed by atoms with E-state index in [1.165, 1.54) is 11.6 Å². The van der Waals surface area contributed by atoms with Gasteiger partial charge in [0.25, 0.3) is 0 Å². The topological polar surface area (TPSA) is 99.1 Å². The molecule has 2 bridgehead atoms. The number of ketones is 1. The van der Waals surface area contributed by atoms with E-state index in [1.54, 1.807) is 26.2 Å². The third kappa shape index (κ3) is 7.78. The SMILES string of the molecule is C=C[C@]1(C)C[C@@H](OC(=O)COC(=O)/C=C(C)/C=C/C=C(C)/C=C/c2c(C)cc(OC)c(C)c2C)C2(C)CC[C@@H](C[C@@H]1O)C1(CC)CCC(=O)[C@@H]21. The zero-order chi connectivity index (χ0) is 37.0. The van der Waals surface area contributed by atoms with Crippen LogP contribution in [-0.4, -0.2) is 48.8 Å². The summed E-state index contributed by atoms with van der Waals surface area (Å²) in [6, 6.07) is 2.05. The minimum atomic E-state index is -0.705. The number of Topliss-reactive ketones (excluding diaryl/α,β-unsaturated/α-hetero) is 1. The number of hydrogen-bond donors (Lipinski definition) is 1. The van der Waals surface area contributed by atoms with Crippen LogP contribution in [0.15, 0.2) is 60.2 Å². The Labute approximate surface area is 299 Å². The van der Waals surface area contributed by atoms with Gasteiger partial charge in [0, 0.05) is 29.2 Å². The van der Waals surface area contributed by atoms with Crippen LogP contribution in [0.4, 0.5) is 0 Å². The quantitative estimate of drug-likeness (QED) is 0.108. The predicted molar refractivity (Wildman–Crippen MR) is 199 cm³/mol. The molecule has 2 unspecified atom stereocenters. The molecule has 7 heteroatoms. The van der Waals surface area contributed by atoms with Gasteiger partial charge in [-0.25, -0.2) is 9.59 Å². The van der Waals surface area contributed by atoms with E-state index in [0.29, 0.717) is 24.8 Å². The minimum Gasteiger partial charge on any atom is -0.496 e. The highest BCUT2D eigenvalue weighted by Crippen LogP contribution is 2.66. The van der Waals surface area contributed by atoms with Crippen LogP contribution < -0.4 is 4.74 Å². The number of ether oxygens (including phenoxy) is 3. The summed E-state index contributed by atoms with van der Waals surface area (Å²) >= 11 is 0. The van der Waals surface area contributed by atoms with E-state index >= 15 is 0 Å². The molecule has 1 N–H and O–H groups in total. The molecule has 7 atom stereocenters. The van der Waals surface area contributed by atoms with Crippen LogP contribution in [0.25, 0.3) is 6.08 Å². The molecule has 7 nitrogen and oxygen atoms in total. The molecule has 50 heavy (non-hydrogen) atoms. The van der Waals surface area contributed by atoms with E-state index in [2.05, 4.69) is 59.4 Å². The maximum absolute atomic E-state index is 13.6. The first-order chi connectivity index (χ1) is 23.5. The van der Waals surface area contributed by atoms with E-state index in [1.807, 2.05) is 26.0 Å². The van der Waals surface area contributed by atoms with E-state index in [4.69, 9.17) is 14.2 Å². The van der Waals surface area contributed by atoms with Crippen LogP contribution in [0.2, 0.25) is 0 Å². The Morgan fingerprint density at radius 1 is 1.08 bits per heavy atom. The molecule has 0 aromatic heterocycles. The molecule has 5 rings (SSSR count). The fourth-order valence-corrected chi connectivity index (χ4v) is 9.17. The van der Waals surface area contributed by atoms with Crippen LogP contribution in [0.1, 0.15) is 102 Å². The molecule has 1 aromatic carbocycles. The number of carbonyl (C=O) groups excluding carboxylic acids is 3. The fraction of sp³-hybridized carbons (Fsp3) is 0.558. The standard InChI is InChI=1S/C43H58O7/c1-11-41(8)25-37(42(9)20-18-32(24-36(41)45)43(12-2)21-19-34(44)40(42)43)50-39(47)26-49-38(46)22-28(4)15-13-14-27(3)16-17-33-29(5)23-35(48-10)31(7)30(33)6/h11,13-17,22-23,32,36-37,40,45H,1,12,18-21,24-26H2,2-10H3/b15-13+,17-16+,27-14+,28-22+/t32-,36-,37+,40-,41+,42?,43?/m0/s1. The molecule has 0 aliphatic heterocycles. The van der Waals surface area contributed by atoms with Crippen molar-refractivity contribution in [3.05, 3.63) is 82.5 Å². The monoisotopic (exact) mass is 686 g/mol. The molecule has 4 fully saturated rings. The Hall–Kier alpha value is -3.71. The first-order valence-electron chi connectivity index (χ1n) is 18.1. The van der Waals surface area contributed by atoms with Gasteiger partial charge in [0.1, 0.15) is 17.6 Å². The lowest BCUT2D eigenvalue weighted by Gasteiger charge is -2.55. The summed E-state index contributed by atoms with van der Waals surface area (Å²) in [6.45, 7) is 19.7. The summed E-state index contributed by atoms with van der Waals surface area (Å²) in [7, 11) is 1.69. The predicted octanol–water partition coefficient (Wildman–Crippen LogP) is 8.68. The van der Waals surface area contributed by atoms with Gasteiger partial charge >= 0.3 is 11.9 Å². The number of aliphatic hydroxyl groups is 1. The molecule has 0 amide bonds. The van der Waals surface area contributed by atoms with Gasteiger partial charge in [-0.15, -0.1) is 6.58 Å². The van der Waals surface area contributed by atoms with Crippen LogP contribution in [0, 0.1) is 48.9 Å². The lowest BCUT2D eigenvalue weighted by molar-refractivity contribution is -0.179. The second-order valence-corrected chi connectivity index (χ2v) is 15.5. The molecule has 0 saturated heterocycles. The number of benzene rings is 1. The molecule has 4 saturated carbocycles. The third-order valence-electron chi connectivity index (χ3n) is 12.5. The average molecular weight is 687 g/mol. The van der Waals surface area contributed by atoms with Crippen molar-refractivity contribution in [2.75, 3.05) is 13.7 Å². The Kier molecular flexibility index (Phi) is 12.3. The maximum atomic E-state index is 13.6. The van der Waals surface area contributed by atoms with Gasteiger partial charge < -0.3 is 19.3 Å². The van der Waals surface area contributed by atoms with Crippen molar-refractivity contribution >= 4 is 23.8 Å². The summed E-state index contributed by atoms with van der Waals surface area (Å²) in [4.78, 5) is 39.5. The van der Waals surface area contributed by atoms with Gasteiger partial charge in [-0.1, -0.05) is 62.8 Å². The normalized spacial score (nSPS) is 31.7. The number of methoxy groups -OCH3 is 1. The van der Waals surface area contributed by atoms with Gasteiger partial charge in [-0.05, 0) is 118 Å². The Balaban J connectivity index is 1.41. The second kappa shape index (κ2) is 15.7. The van der Waals surface area contributed by atoms with Crippen molar-refractivity contribution < 1.29 is 33.7 Å². The van der Waals surface area contributed by atoms with E-state index < -0.39 is 41.6 Å². The summed E-state index contributed by atoms with van der Waals surface area (Å²) in [5, 5.41) is 11.5. The van der Waals surface area contributed by atoms with Gasteiger partial charge in [0.2, 0.25) is 0 Å². The van der Waals surface area contributed by atoms with Gasteiger partial charge in [-0.2, -0.15) is 0 Å². The molecule has 0 radical (unpaired) electrons. The highest BCUT2D eigenvalue weighted by atomic mass is 16.6. The molecule has 0 spiro atoms. The molecule has 4 aliphatic rings. The third-order valence-corrected chi connectivity index (χ3v) is 12.5. The van der Waals surface area contributed by atoms with E-state index in [0.717, 1.165) is 53.7 Å². The first kappa shape index (κ1) is 39.1. The van der Waals surface area contributed by atoms with Gasteiger partial charge in [-0.3, -0.25) is 4.79 Å². The number of allylic oxidation sites excluding steroid dienone is 6. The summed E-state index contributed by atoms with van der Waals surface area (Å²) in [5.41, 5.74) is 4.79. The molecule has 0 heterocycles.